The molecular formula is C18H20N2O3. The first-order valence-electron chi connectivity index (χ1n) is 7.28. The number of benzene rings is 2. The molecule has 0 aliphatic carbocycles. The molecule has 5 nitrogen and oxygen atoms in total. The van der Waals surface area contributed by atoms with Gasteiger partial charge in [0.1, 0.15) is 17.6 Å². The lowest BCUT2D eigenvalue weighted by Crippen LogP contribution is -2.22. The van der Waals surface area contributed by atoms with Crippen LogP contribution in [0.4, 0.5) is 0 Å². The van der Waals surface area contributed by atoms with Crippen molar-refractivity contribution in [3.8, 4) is 17.6 Å². The molecule has 120 valence electrons. The molecule has 0 radical (unpaired) electrons. The second-order valence-corrected chi connectivity index (χ2v) is 5.06. The highest BCUT2D eigenvalue weighted by Gasteiger charge is 2.13. The molecule has 0 aliphatic rings. The molecule has 2 aromatic rings. The summed E-state index contributed by atoms with van der Waals surface area (Å²) in [5.41, 5.74) is 2.25. The molecule has 0 bridgehead atoms. The molecule has 1 unspecified atom stereocenters. The van der Waals surface area contributed by atoms with Crippen LogP contribution in [0.3, 0.4) is 0 Å². The second kappa shape index (κ2) is 8.18. The van der Waals surface area contributed by atoms with E-state index in [9.17, 15) is 5.11 Å². The van der Waals surface area contributed by atoms with Crippen molar-refractivity contribution < 1.29 is 14.6 Å². The monoisotopic (exact) mass is 312 g/mol. The molecule has 23 heavy (non-hydrogen) atoms. The van der Waals surface area contributed by atoms with E-state index in [0.29, 0.717) is 24.4 Å². The van der Waals surface area contributed by atoms with Crippen LogP contribution in [0.15, 0.2) is 42.5 Å². The summed E-state index contributed by atoms with van der Waals surface area (Å²) in [6, 6.07) is 14.7. The first-order valence-corrected chi connectivity index (χ1v) is 7.28. The number of rotatable bonds is 7. The van der Waals surface area contributed by atoms with Crippen LogP contribution < -0.4 is 10.1 Å². The first kappa shape index (κ1) is 16.8. The number of hydrogen-bond acceptors (Lipinski definition) is 5. The predicted octanol–water partition coefficient (Wildman–Crippen LogP) is 2.75. The molecule has 0 saturated heterocycles. The van der Waals surface area contributed by atoms with E-state index in [2.05, 4.69) is 11.4 Å². The maximum absolute atomic E-state index is 9.76. The van der Waals surface area contributed by atoms with Crippen LogP contribution in [0, 0.1) is 11.3 Å². The van der Waals surface area contributed by atoms with Gasteiger partial charge in [-0.15, -0.1) is 0 Å². The maximum atomic E-state index is 9.76. The summed E-state index contributed by atoms with van der Waals surface area (Å²) in [7, 11) is 3.18. The van der Waals surface area contributed by atoms with Gasteiger partial charge in [0.25, 0.3) is 0 Å². The summed E-state index contributed by atoms with van der Waals surface area (Å²) >= 11 is 0. The van der Waals surface area contributed by atoms with Crippen LogP contribution in [0.5, 0.6) is 11.5 Å². The lowest BCUT2D eigenvalue weighted by atomic mass is 10.1. The number of nitriles is 1. The molecule has 0 heterocycles. The number of nitrogens with zero attached hydrogens (tertiary/aromatic N) is 1. The molecule has 2 rings (SSSR count). The van der Waals surface area contributed by atoms with Gasteiger partial charge in [0.15, 0.2) is 0 Å². The standard InChI is InChI=1S/C18H20N2O3/c1-22-17-9-13(7-8-14(17)10-19)18(23-2)12-20-11-15-5-3-4-6-16(15)21/h3-9,18,20-21H,11-12H2,1-2H3. The number of para-hydroxylation sites is 1. The van der Waals surface area contributed by atoms with E-state index < -0.39 is 0 Å². The Bertz CT molecular complexity index is 695. The number of hydrogen-bond donors (Lipinski definition) is 2. The summed E-state index contributed by atoms with van der Waals surface area (Å²) in [5, 5.41) is 22.1. The van der Waals surface area contributed by atoms with E-state index in [1.54, 1.807) is 25.3 Å². The zero-order valence-electron chi connectivity index (χ0n) is 13.2. The summed E-state index contributed by atoms with van der Waals surface area (Å²) in [4.78, 5) is 0. The van der Waals surface area contributed by atoms with Crippen molar-refractivity contribution in [2.24, 2.45) is 0 Å². The Morgan fingerprint density at radius 2 is 2.00 bits per heavy atom. The highest BCUT2D eigenvalue weighted by molar-refractivity contribution is 5.45. The smallest absolute Gasteiger partial charge is 0.136 e. The van der Waals surface area contributed by atoms with Crippen molar-refractivity contribution in [3.63, 3.8) is 0 Å². The molecule has 1 atom stereocenters. The minimum absolute atomic E-state index is 0.178. The fourth-order valence-electron chi connectivity index (χ4n) is 2.34. The fourth-order valence-corrected chi connectivity index (χ4v) is 2.34. The number of nitrogens with one attached hydrogen (secondary N) is 1. The van der Waals surface area contributed by atoms with E-state index in [4.69, 9.17) is 14.7 Å². The van der Waals surface area contributed by atoms with Gasteiger partial charge in [-0.1, -0.05) is 24.3 Å². The van der Waals surface area contributed by atoms with Crippen molar-refractivity contribution in [1.29, 1.82) is 5.26 Å². The molecule has 5 heteroatoms. The van der Waals surface area contributed by atoms with Crippen molar-refractivity contribution in [2.75, 3.05) is 20.8 Å². The van der Waals surface area contributed by atoms with Crippen LogP contribution in [0.1, 0.15) is 22.8 Å². The molecule has 0 spiro atoms. The van der Waals surface area contributed by atoms with Crippen LogP contribution in [-0.4, -0.2) is 25.9 Å². The lowest BCUT2D eigenvalue weighted by molar-refractivity contribution is 0.102. The number of phenols is 1. The topological polar surface area (TPSA) is 74.5 Å². The van der Waals surface area contributed by atoms with Gasteiger partial charge in [-0.25, -0.2) is 0 Å². The van der Waals surface area contributed by atoms with Gasteiger partial charge in [0.2, 0.25) is 0 Å². The molecule has 0 amide bonds. The number of aromatic hydroxyl groups is 1. The van der Waals surface area contributed by atoms with Gasteiger partial charge in [-0.3, -0.25) is 0 Å². The number of ether oxygens (including phenoxy) is 2. The molecule has 0 saturated carbocycles. The third-order valence-corrected chi connectivity index (χ3v) is 3.64. The zero-order chi connectivity index (χ0) is 16.7. The van der Waals surface area contributed by atoms with Crippen molar-refractivity contribution in [1.82, 2.24) is 5.32 Å². The highest BCUT2D eigenvalue weighted by atomic mass is 16.5. The van der Waals surface area contributed by atoms with Gasteiger partial charge in [-0.2, -0.15) is 5.26 Å². The van der Waals surface area contributed by atoms with E-state index in [1.807, 2.05) is 24.3 Å². The summed E-state index contributed by atoms with van der Waals surface area (Å²) in [5.74, 6) is 0.807. The average Bonchev–Trinajstić information content (AvgIpc) is 2.59. The van der Waals surface area contributed by atoms with E-state index in [1.165, 1.54) is 7.11 Å². The molecular weight excluding hydrogens is 292 g/mol. The molecule has 0 aliphatic heterocycles. The van der Waals surface area contributed by atoms with Crippen LogP contribution in [0.2, 0.25) is 0 Å². The molecule has 2 aromatic carbocycles. The second-order valence-electron chi connectivity index (χ2n) is 5.06. The van der Waals surface area contributed by atoms with Gasteiger partial charge >= 0.3 is 0 Å². The first-order chi connectivity index (χ1) is 11.2. The highest BCUT2D eigenvalue weighted by Crippen LogP contribution is 2.25. The minimum Gasteiger partial charge on any atom is -0.508 e. The Morgan fingerprint density at radius 1 is 1.22 bits per heavy atom. The molecule has 0 fully saturated rings. The third-order valence-electron chi connectivity index (χ3n) is 3.64. The SMILES string of the molecule is COc1cc(C(CNCc2ccccc2O)OC)ccc1C#N. The van der Waals surface area contributed by atoms with Gasteiger partial charge in [0, 0.05) is 25.8 Å². The maximum Gasteiger partial charge on any atom is 0.136 e. The number of phenolic OH excluding ortho intramolecular Hbond substituents is 1. The van der Waals surface area contributed by atoms with E-state index >= 15 is 0 Å². The van der Waals surface area contributed by atoms with Crippen molar-refractivity contribution in [3.05, 3.63) is 59.2 Å². The zero-order valence-corrected chi connectivity index (χ0v) is 13.2. The Labute approximate surface area is 136 Å². The quantitative estimate of drug-likeness (QED) is 0.822. The predicted molar refractivity (Wildman–Crippen MR) is 87.3 cm³/mol. The van der Waals surface area contributed by atoms with Crippen LogP contribution in [-0.2, 0) is 11.3 Å². The minimum atomic E-state index is -0.178. The Kier molecular flexibility index (Phi) is 5.98. The summed E-state index contributed by atoms with van der Waals surface area (Å²) in [6.45, 7) is 1.11. The van der Waals surface area contributed by atoms with E-state index in [0.717, 1.165) is 11.1 Å². The van der Waals surface area contributed by atoms with Crippen LogP contribution in [0.25, 0.3) is 0 Å². The normalized spacial score (nSPS) is 11.7. The van der Waals surface area contributed by atoms with Gasteiger partial charge in [-0.05, 0) is 23.8 Å². The summed E-state index contributed by atoms with van der Waals surface area (Å²) in [6.07, 6.45) is -0.178. The Balaban J connectivity index is 2.03. The van der Waals surface area contributed by atoms with E-state index in [-0.39, 0.29) is 11.9 Å². The Morgan fingerprint density at radius 3 is 2.65 bits per heavy atom. The lowest BCUT2D eigenvalue weighted by Gasteiger charge is -2.18. The molecule has 0 aromatic heterocycles. The van der Waals surface area contributed by atoms with Gasteiger partial charge < -0.3 is 19.9 Å². The van der Waals surface area contributed by atoms with Crippen LogP contribution >= 0.6 is 0 Å². The Hall–Kier alpha value is -2.55. The largest absolute Gasteiger partial charge is 0.508 e. The van der Waals surface area contributed by atoms with Gasteiger partial charge in [0.05, 0.1) is 18.8 Å². The fraction of sp³-hybridized carbons (Fsp3) is 0.278. The van der Waals surface area contributed by atoms with Crippen molar-refractivity contribution in [2.45, 2.75) is 12.6 Å². The van der Waals surface area contributed by atoms with Crippen molar-refractivity contribution >= 4 is 0 Å². The average molecular weight is 312 g/mol. The number of methoxy groups -OCH3 is 2. The summed E-state index contributed by atoms with van der Waals surface area (Å²) < 4.78 is 10.7. The molecule has 2 N–H and O–H groups in total. The third kappa shape index (κ3) is 4.22.